The van der Waals surface area contributed by atoms with Crippen molar-refractivity contribution in [2.45, 2.75) is 45.6 Å². The monoisotopic (exact) mass is 199 g/mol. The second kappa shape index (κ2) is 5.35. The van der Waals surface area contributed by atoms with Crippen LogP contribution in [0.4, 0.5) is 0 Å². The van der Waals surface area contributed by atoms with Crippen molar-refractivity contribution < 1.29 is 9.90 Å². The Morgan fingerprint density at radius 2 is 2.00 bits per heavy atom. The molecule has 0 aromatic heterocycles. The highest BCUT2D eigenvalue weighted by molar-refractivity contribution is 5.72. The molecule has 0 aromatic rings. The largest absolute Gasteiger partial charge is 0.480 e. The molecule has 1 fully saturated rings. The minimum atomic E-state index is -0.755. The predicted octanol–water partition coefficient (Wildman–Crippen LogP) is 1.88. The van der Waals surface area contributed by atoms with Crippen LogP contribution in [0.15, 0.2) is 0 Å². The van der Waals surface area contributed by atoms with Crippen LogP contribution >= 0.6 is 0 Å². The standard InChI is InChI=1S/C11H21NO2/c1-8-3-5-10(6-4-8)7-12-9(2)11(13)14/h8-10,12H,3-7H2,1-2H3,(H,13,14). The molecular formula is C11H21NO2. The summed E-state index contributed by atoms with van der Waals surface area (Å²) in [6, 6.07) is -0.408. The fourth-order valence-electron chi connectivity index (χ4n) is 1.96. The van der Waals surface area contributed by atoms with Crippen molar-refractivity contribution in [1.29, 1.82) is 0 Å². The minimum absolute atomic E-state index is 0.408. The molecule has 1 saturated carbocycles. The summed E-state index contributed by atoms with van der Waals surface area (Å²) >= 11 is 0. The highest BCUT2D eigenvalue weighted by Crippen LogP contribution is 2.27. The summed E-state index contributed by atoms with van der Waals surface area (Å²) in [6.45, 7) is 4.86. The van der Waals surface area contributed by atoms with Gasteiger partial charge in [-0.1, -0.05) is 19.8 Å². The van der Waals surface area contributed by atoms with Gasteiger partial charge in [0.25, 0.3) is 0 Å². The second-order valence-electron chi connectivity index (χ2n) is 4.59. The number of carbonyl (C=O) groups is 1. The van der Waals surface area contributed by atoms with Crippen LogP contribution in [-0.4, -0.2) is 23.7 Å². The number of aliphatic carboxylic acids is 1. The zero-order valence-electron chi connectivity index (χ0n) is 9.12. The van der Waals surface area contributed by atoms with Crippen molar-refractivity contribution in [2.75, 3.05) is 6.54 Å². The number of hydrogen-bond donors (Lipinski definition) is 2. The molecule has 0 radical (unpaired) electrons. The second-order valence-corrected chi connectivity index (χ2v) is 4.59. The fourth-order valence-corrected chi connectivity index (χ4v) is 1.96. The molecule has 1 atom stereocenters. The van der Waals surface area contributed by atoms with E-state index in [2.05, 4.69) is 12.2 Å². The number of nitrogens with one attached hydrogen (secondary N) is 1. The fraction of sp³-hybridized carbons (Fsp3) is 0.909. The molecule has 0 aromatic carbocycles. The Hall–Kier alpha value is -0.570. The molecular weight excluding hydrogens is 178 g/mol. The van der Waals surface area contributed by atoms with Gasteiger partial charge in [-0.15, -0.1) is 0 Å². The third kappa shape index (κ3) is 3.66. The molecule has 0 aliphatic heterocycles. The van der Waals surface area contributed by atoms with Gasteiger partial charge in [0.15, 0.2) is 0 Å². The zero-order chi connectivity index (χ0) is 10.6. The Kier molecular flexibility index (Phi) is 4.39. The third-order valence-electron chi connectivity index (χ3n) is 3.22. The molecule has 1 aliphatic carbocycles. The first-order valence-electron chi connectivity index (χ1n) is 5.55. The summed E-state index contributed by atoms with van der Waals surface area (Å²) in [5.74, 6) is 0.797. The maximum absolute atomic E-state index is 10.6. The lowest BCUT2D eigenvalue weighted by Crippen LogP contribution is -2.37. The van der Waals surface area contributed by atoms with Crippen molar-refractivity contribution in [1.82, 2.24) is 5.32 Å². The van der Waals surface area contributed by atoms with Gasteiger partial charge >= 0.3 is 5.97 Å². The molecule has 1 aliphatic rings. The van der Waals surface area contributed by atoms with E-state index in [0.717, 1.165) is 12.5 Å². The van der Waals surface area contributed by atoms with Crippen molar-refractivity contribution in [3.63, 3.8) is 0 Å². The van der Waals surface area contributed by atoms with Crippen LogP contribution in [0.3, 0.4) is 0 Å². The summed E-state index contributed by atoms with van der Waals surface area (Å²) in [7, 11) is 0. The van der Waals surface area contributed by atoms with Gasteiger partial charge in [0.1, 0.15) is 6.04 Å². The Balaban J connectivity index is 2.16. The molecule has 0 spiro atoms. The van der Waals surface area contributed by atoms with E-state index in [-0.39, 0.29) is 0 Å². The van der Waals surface area contributed by atoms with Crippen LogP contribution in [0.25, 0.3) is 0 Å². The Labute approximate surface area is 85.9 Å². The van der Waals surface area contributed by atoms with Crippen LogP contribution in [0.2, 0.25) is 0 Å². The van der Waals surface area contributed by atoms with Gasteiger partial charge in [-0.2, -0.15) is 0 Å². The first kappa shape index (κ1) is 11.5. The van der Waals surface area contributed by atoms with E-state index in [1.54, 1.807) is 6.92 Å². The predicted molar refractivity (Wildman–Crippen MR) is 56.2 cm³/mol. The number of carboxylic acids is 1. The average Bonchev–Trinajstić information content (AvgIpc) is 2.16. The molecule has 3 heteroatoms. The normalized spacial score (nSPS) is 29.9. The molecule has 14 heavy (non-hydrogen) atoms. The van der Waals surface area contributed by atoms with Gasteiger partial charge < -0.3 is 10.4 Å². The van der Waals surface area contributed by atoms with Crippen LogP contribution in [0, 0.1) is 11.8 Å². The minimum Gasteiger partial charge on any atom is -0.480 e. The first-order chi connectivity index (χ1) is 6.59. The third-order valence-corrected chi connectivity index (χ3v) is 3.22. The zero-order valence-corrected chi connectivity index (χ0v) is 9.12. The first-order valence-corrected chi connectivity index (χ1v) is 5.55. The van der Waals surface area contributed by atoms with Crippen LogP contribution in [0.5, 0.6) is 0 Å². The van der Waals surface area contributed by atoms with Crippen molar-refractivity contribution in [3.8, 4) is 0 Å². The van der Waals surface area contributed by atoms with Gasteiger partial charge in [0.05, 0.1) is 0 Å². The van der Waals surface area contributed by atoms with Gasteiger partial charge in [-0.25, -0.2) is 0 Å². The van der Waals surface area contributed by atoms with Crippen molar-refractivity contribution in [2.24, 2.45) is 11.8 Å². The van der Waals surface area contributed by atoms with Gasteiger partial charge in [0.2, 0.25) is 0 Å². The van der Waals surface area contributed by atoms with Gasteiger partial charge in [-0.3, -0.25) is 4.79 Å². The van der Waals surface area contributed by atoms with Gasteiger partial charge in [-0.05, 0) is 38.1 Å². The van der Waals surface area contributed by atoms with E-state index < -0.39 is 12.0 Å². The summed E-state index contributed by atoms with van der Waals surface area (Å²) in [4.78, 5) is 10.6. The van der Waals surface area contributed by atoms with Crippen LogP contribution in [-0.2, 0) is 4.79 Å². The van der Waals surface area contributed by atoms with E-state index in [4.69, 9.17) is 5.11 Å². The quantitative estimate of drug-likeness (QED) is 0.726. The van der Waals surface area contributed by atoms with E-state index in [1.165, 1.54) is 25.7 Å². The molecule has 1 unspecified atom stereocenters. The number of carboxylic acid groups (broad SMARTS) is 1. The lowest BCUT2D eigenvalue weighted by atomic mass is 9.83. The van der Waals surface area contributed by atoms with E-state index in [1.807, 2.05) is 0 Å². The number of hydrogen-bond acceptors (Lipinski definition) is 2. The molecule has 82 valence electrons. The van der Waals surface area contributed by atoms with E-state index in [0.29, 0.717) is 5.92 Å². The SMILES string of the molecule is CC1CCC(CNC(C)C(=O)O)CC1. The van der Waals surface area contributed by atoms with Gasteiger partial charge in [0, 0.05) is 0 Å². The molecule has 0 bridgehead atoms. The average molecular weight is 199 g/mol. The maximum Gasteiger partial charge on any atom is 0.320 e. The van der Waals surface area contributed by atoms with E-state index >= 15 is 0 Å². The molecule has 0 amide bonds. The Morgan fingerprint density at radius 3 is 2.50 bits per heavy atom. The topological polar surface area (TPSA) is 49.3 Å². The lowest BCUT2D eigenvalue weighted by molar-refractivity contribution is -0.139. The van der Waals surface area contributed by atoms with Crippen molar-refractivity contribution >= 4 is 5.97 Å². The Bertz CT molecular complexity index is 186. The number of rotatable bonds is 4. The molecule has 1 rings (SSSR count). The molecule has 3 nitrogen and oxygen atoms in total. The highest BCUT2D eigenvalue weighted by atomic mass is 16.4. The molecule has 0 heterocycles. The molecule has 0 saturated heterocycles. The Morgan fingerprint density at radius 1 is 1.43 bits per heavy atom. The summed E-state index contributed by atoms with van der Waals surface area (Å²) < 4.78 is 0. The van der Waals surface area contributed by atoms with Crippen molar-refractivity contribution in [3.05, 3.63) is 0 Å². The highest BCUT2D eigenvalue weighted by Gasteiger charge is 2.19. The molecule has 2 N–H and O–H groups in total. The lowest BCUT2D eigenvalue weighted by Gasteiger charge is -2.26. The summed E-state index contributed by atoms with van der Waals surface area (Å²) in [6.07, 6.45) is 5.10. The summed E-state index contributed by atoms with van der Waals surface area (Å²) in [5, 5.41) is 11.8. The van der Waals surface area contributed by atoms with E-state index in [9.17, 15) is 4.79 Å². The maximum atomic E-state index is 10.6. The van der Waals surface area contributed by atoms with Crippen LogP contribution < -0.4 is 5.32 Å². The smallest absolute Gasteiger partial charge is 0.320 e. The van der Waals surface area contributed by atoms with Crippen LogP contribution in [0.1, 0.15) is 39.5 Å². The summed E-state index contributed by atoms with van der Waals surface area (Å²) in [5.41, 5.74) is 0.